The number of carbonyl (C=O) groups is 1. The van der Waals surface area contributed by atoms with E-state index < -0.39 is 0 Å². The van der Waals surface area contributed by atoms with Crippen molar-refractivity contribution >= 4 is 21.8 Å². The molecule has 17 heavy (non-hydrogen) atoms. The largest absolute Gasteiger partial charge is 0.366 e. The summed E-state index contributed by atoms with van der Waals surface area (Å²) in [5.41, 5.74) is 1.27. The Hall–Kier alpha value is -0.870. The van der Waals surface area contributed by atoms with Gasteiger partial charge >= 0.3 is 0 Å². The van der Waals surface area contributed by atoms with Crippen LogP contribution in [0.25, 0.3) is 0 Å². The lowest BCUT2D eigenvalue weighted by Gasteiger charge is -2.26. The lowest BCUT2D eigenvalue weighted by atomic mass is 10.1. The van der Waals surface area contributed by atoms with E-state index in [0.717, 1.165) is 30.5 Å². The highest BCUT2D eigenvalue weighted by atomic mass is 79.9. The predicted molar refractivity (Wildman–Crippen MR) is 67.7 cm³/mol. The van der Waals surface area contributed by atoms with E-state index in [1.54, 1.807) is 0 Å². The van der Waals surface area contributed by atoms with E-state index in [0.29, 0.717) is 6.04 Å². The van der Waals surface area contributed by atoms with E-state index >= 15 is 0 Å². The molecule has 4 heteroatoms. The van der Waals surface area contributed by atoms with Gasteiger partial charge in [0.1, 0.15) is 6.10 Å². The molecule has 0 spiro atoms. The molecule has 2 aliphatic rings. The van der Waals surface area contributed by atoms with Gasteiger partial charge in [0.05, 0.1) is 12.6 Å². The van der Waals surface area contributed by atoms with Gasteiger partial charge in [0, 0.05) is 17.4 Å². The molecule has 1 amide bonds. The van der Waals surface area contributed by atoms with E-state index in [2.05, 4.69) is 28.1 Å². The van der Waals surface area contributed by atoms with Crippen molar-refractivity contribution < 1.29 is 9.53 Å². The summed E-state index contributed by atoms with van der Waals surface area (Å²) in [7, 11) is 0. The molecule has 1 aromatic rings. The maximum absolute atomic E-state index is 11.8. The van der Waals surface area contributed by atoms with Gasteiger partial charge in [-0.1, -0.05) is 28.1 Å². The third-order valence-corrected chi connectivity index (χ3v) is 4.06. The fourth-order valence-corrected chi connectivity index (χ4v) is 2.82. The molecule has 2 heterocycles. The van der Waals surface area contributed by atoms with Gasteiger partial charge in [0.15, 0.2) is 0 Å². The zero-order valence-corrected chi connectivity index (χ0v) is 11.0. The van der Waals surface area contributed by atoms with Gasteiger partial charge in [-0.3, -0.25) is 4.79 Å². The van der Waals surface area contributed by atoms with Crippen LogP contribution in [0.5, 0.6) is 0 Å². The lowest BCUT2D eigenvalue weighted by molar-refractivity contribution is -0.143. The standard InChI is InChI=1S/C13H14BrNO2/c14-10-3-1-9(2-4-10)5-6-15-11-7-12(13(15)16)17-8-11/h1-4,11-12H,5-8H2. The quantitative estimate of drug-likeness (QED) is 0.854. The maximum Gasteiger partial charge on any atom is 0.252 e. The first-order valence-corrected chi connectivity index (χ1v) is 6.70. The minimum Gasteiger partial charge on any atom is -0.366 e. The zero-order valence-electron chi connectivity index (χ0n) is 9.43. The molecule has 2 atom stereocenters. The van der Waals surface area contributed by atoms with E-state index in [9.17, 15) is 4.79 Å². The Bertz CT molecular complexity index is 432. The predicted octanol–water partition coefficient (Wildman–Crippen LogP) is 1.99. The third-order valence-electron chi connectivity index (χ3n) is 3.53. The highest BCUT2D eigenvalue weighted by molar-refractivity contribution is 9.10. The molecule has 2 fully saturated rings. The van der Waals surface area contributed by atoms with Crippen LogP contribution < -0.4 is 0 Å². The smallest absolute Gasteiger partial charge is 0.252 e. The number of nitrogens with zero attached hydrogens (tertiary/aromatic N) is 1. The van der Waals surface area contributed by atoms with Crippen LogP contribution in [0.4, 0.5) is 0 Å². The van der Waals surface area contributed by atoms with Crippen molar-refractivity contribution in [3.05, 3.63) is 34.3 Å². The van der Waals surface area contributed by atoms with Crippen molar-refractivity contribution in [1.82, 2.24) is 4.90 Å². The van der Waals surface area contributed by atoms with Crippen molar-refractivity contribution in [3.63, 3.8) is 0 Å². The van der Waals surface area contributed by atoms with Gasteiger partial charge < -0.3 is 9.64 Å². The van der Waals surface area contributed by atoms with Crippen LogP contribution in [-0.2, 0) is 16.0 Å². The molecule has 0 radical (unpaired) electrons. The number of hydrogen-bond acceptors (Lipinski definition) is 2. The van der Waals surface area contributed by atoms with E-state index in [1.165, 1.54) is 5.56 Å². The highest BCUT2D eigenvalue weighted by Crippen LogP contribution is 2.29. The first kappa shape index (κ1) is 11.2. The summed E-state index contributed by atoms with van der Waals surface area (Å²) in [5.74, 6) is 0.179. The number of likely N-dealkylation sites (tertiary alicyclic amines) is 1. The van der Waals surface area contributed by atoms with Crippen LogP contribution in [0.2, 0.25) is 0 Å². The summed E-state index contributed by atoms with van der Waals surface area (Å²) < 4.78 is 6.45. The van der Waals surface area contributed by atoms with Crippen molar-refractivity contribution in [2.75, 3.05) is 13.2 Å². The fourth-order valence-electron chi connectivity index (χ4n) is 2.56. The summed E-state index contributed by atoms with van der Waals surface area (Å²) in [6.07, 6.45) is 1.66. The SMILES string of the molecule is O=C1C2CC(CO2)N1CCc1ccc(Br)cc1. The Labute approximate surface area is 109 Å². The Kier molecular flexibility index (Phi) is 2.92. The molecule has 0 aromatic heterocycles. The maximum atomic E-state index is 11.8. The molecule has 2 saturated heterocycles. The van der Waals surface area contributed by atoms with Gasteiger partial charge in [-0.25, -0.2) is 0 Å². The first-order valence-electron chi connectivity index (χ1n) is 5.90. The van der Waals surface area contributed by atoms with Gasteiger partial charge in [-0.15, -0.1) is 0 Å². The van der Waals surface area contributed by atoms with Gasteiger partial charge in [-0.2, -0.15) is 0 Å². The Morgan fingerprint density at radius 3 is 2.76 bits per heavy atom. The average Bonchev–Trinajstić information content (AvgIpc) is 2.90. The molecule has 0 saturated carbocycles. The van der Waals surface area contributed by atoms with Crippen LogP contribution in [0.1, 0.15) is 12.0 Å². The topological polar surface area (TPSA) is 29.5 Å². The molecule has 0 aliphatic carbocycles. The normalized spacial score (nSPS) is 26.9. The van der Waals surface area contributed by atoms with Crippen LogP contribution in [0.15, 0.2) is 28.7 Å². The number of fused-ring (bicyclic) bond motifs is 2. The third kappa shape index (κ3) is 2.11. The summed E-state index contributed by atoms with van der Waals surface area (Å²) in [6, 6.07) is 8.59. The molecule has 2 bridgehead atoms. The second-order valence-electron chi connectivity index (χ2n) is 4.62. The second-order valence-corrected chi connectivity index (χ2v) is 5.54. The van der Waals surface area contributed by atoms with Crippen LogP contribution >= 0.6 is 15.9 Å². The molecular weight excluding hydrogens is 282 g/mol. The number of amides is 1. The molecule has 3 nitrogen and oxygen atoms in total. The van der Waals surface area contributed by atoms with Crippen LogP contribution in [0.3, 0.4) is 0 Å². The fraction of sp³-hybridized carbons (Fsp3) is 0.462. The second kappa shape index (κ2) is 4.42. The van der Waals surface area contributed by atoms with Gasteiger partial charge in [0.2, 0.25) is 0 Å². The summed E-state index contributed by atoms with van der Waals surface area (Å²) >= 11 is 3.42. The van der Waals surface area contributed by atoms with Crippen molar-refractivity contribution in [3.8, 4) is 0 Å². The first-order chi connectivity index (χ1) is 8.24. The number of carbonyl (C=O) groups excluding carboxylic acids is 1. The van der Waals surface area contributed by atoms with E-state index in [1.807, 2.05) is 17.0 Å². The number of hydrogen-bond donors (Lipinski definition) is 0. The molecule has 3 rings (SSSR count). The number of benzene rings is 1. The number of ether oxygens (including phenoxy) is 1. The van der Waals surface area contributed by atoms with E-state index in [-0.39, 0.29) is 12.0 Å². The summed E-state index contributed by atoms with van der Waals surface area (Å²) in [5, 5.41) is 0. The van der Waals surface area contributed by atoms with Crippen molar-refractivity contribution in [2.45, 2.75) is 25.0 Å². The van der Waals surface area contributed by atoms with Gasteiger partial charge in [0.25, 0.3) is 5.91 Å². The molecule has 2 aliphatic heterocycles. The molecular formula is C13H14BrNO2. The minimum atomic E-state index is -0.148. The molecule has 0 N–H and O–H groups in total. The summed E-state index contributed by atoms with van der Waals surface area (Å²) in [6.45, 7) is 1.53. The van der Waals surface area contributed by atoms with Crippen LogP contribution in [0, 0.1) is 0 Å². The van der Waals surface area contributed by atoms with Crippen molar-refractivity contribution in [2.24, 2.45) is 0 Å². The number of morpholine rings is 1. The Morgan fingerprint density at radius 1 is 1.35 bits per heavy atom. The average molecular weight is 296 g/mol. The molecule has 2 unspecified atom stereocenters. The molecule has 1 aromatic carbocycles. The zero-order chi connectivity index (χ0) is 11.8. The monoisotopic (exact) mass is 295 g/mol. The highest BCUT2D eigenvalue weighted by Gasteiger charge is 2.45. The molecule has 90 valence electrons. The Morgan fingerprint density at radius 2 is 2.12 bits per heavy atom. The van der Waals surface area contributed by atoms with Crippen molar-refractivity contribution in [1.29, 1.82) is 0 Å². The lowest BCUT2D eigenvalue weighted by Crippen LogP contribution is -2.42. The number of rotatable bonds is 3. The summed E-state index contributed by atoms with van der Waals surface area (Å²) in [4.78, 5) is 13.8. The number of halogens is 1. The minimum absolute atomic E-state index is 0.148. The van der Waals surface area contributed by atoms with Gasteiger partial charge in [-0.05, 0) is 24.1 Å². The Balaban J connectivity index is 1.61. The van der Waals surface area contributed by atoms with Crippen LogP contribution in [-0.4, -0.2) is 36.1 Å². The van der Waals surface area contributed by atoms with E-state index in [4.69, 9.17) is 4.74 Å².